The Bertz CT molecular complexity index is 741. The van der Waals surface area contributed by atoms with Gasteiger partial charge in [-0.3, -0.25) is 4.79 Å². The third-order valence-electron chi connectivity index (χ3n) is 5.43. The summed E-state index contributed by atoms with van der Waals surface area (Å²) in [5.74, 6) is 5.97. The minimum atomic E-state index is -0.341. The van der Waals surface area contributed by atoms with Gasteiger partial charge in [0.2, 0.25) is 0 Å². The number of fused-ring (bicyclic) bond motifs is 2. The summed E-state index contributed by atoms with van der Waals surface area (Å²) in [6, 6.07) is 4.48. The monoisotopic (exact) mass is 375 g/mol. The number of halogens is 1. The van der Waals surface area contributed by atoms with Gasteiger partial charge in [0, 0.05) is 24.2 Å². The second-order valence-electron chi connectivity index (χ2n) is 7.22. The molecule has 0 aromatic heterocycles. The number of piperidine rings is 1. The second kappa shape index (κ2) is 7.77. The topological polar surface area (TPSA) is 67.6 Å². The van der Waals surface area contributed by atoms with Crippen LogP contribution in [0.25, 0.3) is 0 Å². The molecule has 3 atom stereocenters. The average Bonchev–Trinajstić information content (AvgIpc) is 2.80. The van der Waals surface area contributed by atoms with Gasteiger partial charge < -0.3 is 20.7 Å². The van der Waals surface area contributed by atoms with E-state index in [0.717, 1.165) is 12.8 Å². The van der Waals surface area contributed by atoms with Crippen molar-refractivity contribution in [1.29, 1.82) is 0 Å². The first-order chi connectivity index (χ1) is 12.4. The van der Waals surface area contributed by atoms with Gasteiger partial charge in [-0.1, -0.05) is 17.5 Å². The van der Waals surface area contributed by atoms with E-state index in [0.29, 0.717) is 34.1 Å². The molecule has 3 unspecified atom stereocenters. The summed E-state index contributed by atoms with van der Waals surface area (Å²) >= 11 is 6.15. The van der Waals surface area contributed by atoms with Crippen molar-refractivity contribution in [1.82, 2.24) is 10.2 Å². The fraction of sp³-hybridized carbons (Fsp3) is 0.550. The van der Waals surface area contributed by atoms with E-state index >= 15 is 0 Å². The summed E-state index contributed by atoms with van der Waals surface area (Å²) in [5, 5.41) is 3.52. The summed E-state index contributed by atoms with van der Waals surface area (Å²) in [5.41, 5.74) is 6.68. The first-order valence-corrected chi connectivity index (χ1v) is 9.47. The zero-order chi connectivity index (χ0) is 18.8. The summed E-state index contributed by atoms with van der Waals surface area (Å²) in [7, 11) is 2.18. The molecule has 1 aromatic rings. The SMILES string of the molecule is CC#CC(C)Oc1cc(N)c(Cl)cc1C(=O)NC1CC2CCC(C1)N2C. The van der Waals surface area contributed by atoms with Crippen LogP contribution in [-0.2, 0) is 0 Å². The number of amides is 1. The normalized spacial score (nSPS) is 25.9. The molecule has 26 heavy (non-hydrogen) atoms. The fourth-order valence-electron chi connectivity index (χ4n) is 4.06. The third kappa shape index (κ3) is 3.92. The number of carbonyl (C=O) groups is 1. The number of hydrogen-bond acceptors (Lipinski definition) is 4. The Labute approximate surface area is 160 Å². The number of nitrogens with one attached hydrogen (secondary N) is 1. The van der Waals surface area contributed by atoms with E-state index in [2.05, 4.69) is 29.1 Å². The number of nitrogens with zero attached hydrogens (tertiary/aromatic N) is 1. The van der Waals surface area contributed by atoms with Crippen LogP contribution < -0.4 is 15.8 Å². The van der Waals surface area contributed by atoms with Crippen molar-refractivity contribution in [2.45, 2.75) is 63.8 Å². The van der Waals surface area contributed by atoms with Crippen molar-refractivity contribution in [2.75, 3.05) is 12.8 Å². The molecule has 140 valence electrons. The van der Waals surface area contributed by atoms with Crippen LogP contribution in [-0.4, -0.2) is 42.1 Å². The van der Waals surface area contributed by atoms with Crippen LogP contribution >= 0.6 is 11.6 Å². The van der Waals surface area contributed by atoms with Crippen LogP contribution in [0.2, 0.25) is 5.02 Å². The first-order valence-electron chi connectivity index (χ1n) is 9.09. The maximum atomic E-state index is 12.9. The van der Waals surface area contributed by atoms with E-state index in [9.17, 15) is 4.79 Å². The third-order valence-corrected chi connectivity index (χ3v) is 5.76. The molecule has 3 N–H and O–H groups in total. The van der Waals surface area contributed by atoms with E-state index in [4.69, 9.17) is 22.1 Å². The van der Waals surface area contributed by atoms with Crippen molar-refractivity contribution in [3.63, 3.8) is 0 Å². The number of rotatable bonds is 4. The highest BCUT2D eigenvalue weighted by atomic mass is 35.5. The Morgan fingerprint density at radius 2 is 2.04 bits per heavy atom. The fourth-order valence-corrected chi connectivity index (χ4v) is 4.22. The number of anilines is 1. The van der Waals surface area contributed by atoms with E-state index in [1.807, 2.05) is 6.92 Å². The molecule has 2 saturated heterocycles. The van der Waals surface area contributed by atoms with Crippen LogP contribution in [0.4, 0.5) is 5.69 Å². The standard InChI is InChI=1S/C20H26ClN3O2/c1-4-5-12(2)26-19-11-18(22)17(21)10-16(19)20(25)23-13-8-14-6-7-15(9-13)24(14)3/h10-15H,6-9,22H2,1-3H3,(H,23,25). The van der Waals surface area contributed by atoms with Gasteiger partial charge in [-0.25, -0.2) is 0 Å². The van der Waals surface area contributed by atoms with Gasteiger partial charge in [0.15, 0.2) is 6.10 Å². The van der Waals surface area contributed by atoms with Crippen molar-refractivity contribution in [2.24, 2.45) is 0 Å². The summed E-state index contributed by atoms with van der Waals surface area (Å²) in [6.07, 6.45) is 4.04. The lowest BCUT2D eigenvalue weighted by molar-refractivity contribution is 0.0878. The maximum absolute atomic E-state index is 12.9. The van der Waals surface area contributed by atoms with Gasteiger partial charge in [-0.2, -0.15) is 0 Å². The van der Waals surface area contributed by atoms with Crippen LogP contribution in [0.3, 0.4) is 0 Å². The van der Waals surface area contributed by atoms with E-state index in [1.54, 1.807) is 19.1 Å². The maximum Gasteiger partial charge on any atom is 0.255 e. The smallest absolute Gasteiger partial charge is 0.255 e. The van der Waals surface area contributed by atoms with Crippen molar-refractivity contribution in [3.05, 3.63) is 22.7 Å². The second-order valence-corrected chi connectivity index (χ2v) is 7.62. The molecular weight excluding hydrogens is 350 g/mol. The molecule has 6 heteroatoms. The number of nitrogens with two attached hydrogens (primary N) is 1. The van der Waals surface area contributed by atoms with Crippen molar-refractivity contribution >= 4 is 23.2 Å². The zero-order valence-electron chi connectivity index (χ0n) is 15.5. The molecule has 2 aliphatic rings. The molecule has 3 rings (SSSR count). The van der Waals surface area contributed by atoms with Crippen LogP contribution in [0.5, 0.6) is 5.75 Å². The number of hydrogen-bond donors (Lipinski definition) is 2. The average molecular weight is 376 g/mol. The van der Waals surface area contributed by atoms with Gasteiger partial charge in [0.25, 0.3) is 5.91 Å². The van der Waals surface area contributed by atoms with Crippen LogP contribution in [0.1, 0.15) is 49.9 Å². The highest BCUT2D eigenvalue weighted by molar-refractivity contribution is 6.33. The Hall–Kier alpha value is -1.90. The van der Waals surface area contributed by atoms with E-state index in [-0.39, 0.29) is 18.1 Å². The Morgan fingerprint density at radius 3 is 2.65 bits per heavy atom. The predicted molar refractivity (Wildman–Crippen MR) is 104 cm³/mol. The molecule has 0 spiro atoms. The number of ether oxygens (including phenoxy) is 1. The molecular formula is C20H26ClN3O2. The number of carbonyl (C=O) groups excluding carboxylic acids is 1. The van der Waals surface area contributed by atoms with E-state index in [1.165, 1.54) is 12.8 Å². The number of benzene rings is 1. The lowest BCUT2D eigenvalue weighted by atomic mass is 9.97. The molecule has 5 nitrogen and oxygen atoms in total. The van der Waals surface area contributed by atoms with Crippen LogP contribution in [0.15, 0.2) is 12.1 Å². The van der Waals surface area contributed by atoms with Gasteiger partial charge in [-0.15, -0.1) is 5.92 Å². The first kappa shape index (κ1) is 18.9. The minimum absolute atomic E-state index is 0.174. The van der Waals surface area contributed by atoms with Crippen molar-refractivity contribution in [3.8, 4) is 17.6 Å². The molecule has 2 bridgehead atoms. The summed E-state index contributed by atoms with van der Waals surface area (Å²) in [4.78, 5) is 15.4. The largest absolute Gasteiger partial charge is 0.477 e. The van der Waals surface area contributed by atoms with E-state index < -0.39 is 0 Å². The highest BCUT2D eigenvalue weighted by Crippen LogP contribution is 2.35. The molecule has 1 amide bonds. The summed E-state index contributed by atoms with van der Waals surface area (Å²) < 4.78 is 5.82. The van der Waals surface area contributed by atoms with Crippen molar-refractivity contribution < 1.29 is 9.53 Å². The Balaban J connectivity index is 1.77. The lowest BCUT2D eigenvalue weighted by Crippen LogP contribution is -2.48. The van der Waals surface area contributed by atoms with Gasteiger partial charge in [-0.05, 0) is 52.6 Å². The molecule has 2 aliphatic heterocycles. The lowest BCUT2D eigenvalue weighted by Gasteiger charge is -2.36. The molecule has 2 heterocycles. The number of nitrogen functional groups attached to an aromatic ring is 1. The van der Waals surface area contributed by atoms with Gasteiger partial charge in [0.05, 0.1) is 16.3 Å². The molecule has 1 aromatic carbocycles. The minimum Gasteiger partial charge on any atom is -0.477 e. The molecule has 0 aliphatic carbocycles. The quantitative estimate of drug-likeness (QED) is 0.627. The summed E-state index contributed by atoms with van der Waals surface area (Å²) in [6.45, 7) is 3.58. The van der Waals surface area contributed by atoms with Gasteiger partial charge >= 0.3 is 0 Å². The zero-order valence-corrected chi connectivity index (χ0v) is 16.3. The molecule has 0 saturated carbocycles. The van der Waals surface area contributed by atoms with Gasteiger partial charge in [0.1, 0.15) is 5.75 Å². The molecule has 2 fully saturated rings. The van der Waals surface area contributed by atoms with Crippen LogP contribution in [0, 0.1) is 11.8 Å². The Morgan fingerprint density at radius 1 is 1.38 bits per heavy atom. The Kier molecular flexibility index (Phi) is 5.64. The highest BCUT2D eigenvalue weighted by Gasteiger charge is 2.39. The molecule has 0 radical (unpaired) electrons. The predicted octanol–water partition coefficient (Wildman–Crippen LogP) is 3.07.